The molecule has 4 nitrogen and oxygen atoms in total. The Morgan fingerprint density at radius 2 is 2.27 bits per heavy atom. The van der Waals surface area contributed by atoms with E-state index in [9.17, 15) is 4.79 Å². The number of hydrogen-bond acceptors (Lipinski definition) is 4. The van der Waals surface area contributed by atoms with Gasteiger partial charge in [-0.15, -0.1) is 0 Å². The Balaban J connectivity index is 3.04. The third kappa shape index (κ3) is 7.29. The highest BCUT2D eigenvalue weighted by Gasteiger charge is 1.98. The molecule has 0 fully saturated rings. The number of carbonyl (C=O) groups excluding carboxylic acids is 1. The van der Waals surface area contributed by atoms with Crippen molar-refractivity contribution in [1.29, 1.82) is 0 Å². The maximum Gasteiger partial charge on any atom is 0.307 e. The molecule has 0 spiro atoms. The Morgan fingerprint density at radius 3 is 2.82 bits per heavy atom. The van der Waals surface area contributed by atoms with Crippen molar-refractivity contribution in [1.82, 2.24) is 5.32 Å². The average Bonchev–Trinajstić information content (AvgIpc) is 1.99. The fraction of sp³-hybridized carbons (Fsp3) is 0.857. The summed E-state index contributed by atoms with van der Waals surface area (Å²) in [6.45, 7) is 4.25. The average molecular weight is 160 g/mol. The van der Waals surface area contributed by atoms with E-state index >= 15 is 0 Å². The van der Waals surface area contributed by atoms with Crippen molar-refractivity contribution in [2.24, 2.45) is 5.73 Å². The molecule has 0 aromatic carbocycles. The van der Waals surface area contributed by atoms with Crippen LogP contribution in [0.4, 0.5) is 0 Å². The van der Waals surface area contributed by atoms with Crippen molar-refractivity contribution < 1.29 is 9.53 Å². The molecule has 0 aliphatic rings. The molecule has 0 aromatic heterocycles. The first-order valence-corrected chi connectivity index (χ1v) is 3.87. The smallest absolute Gasteiger partial charge is 0.307 e. The third-order valence-electron chi connectivity index (χ3n) is 1.13. The second kappa shape index (κ2) is 7.50. The summed E-state index contributed by atoms with van der Waals surface area (Å²) in [5.41, 5.74) is 5.23. The topological polar surface area (TPSA) is 64.3 Å². The molecular formula is C7H16N2O2. The van der Waals surface area contributed by atoms with E-state index in [2.05, 4.69) is 5.32 Å². The van der Waals surface area contributed by atoms with Crippen LogP contribution in [0.1, 0.15) is 13.3 Å². The molecule has 0 saturated heterocycles. The zero-order chi connectivity index (χ0) is 8.53. The van der Waals surface area contributed by atoms with Crippen LogP contribution in [0.5, 0.6) is 0 Å². The molecule has 0 rings (SSSR count). The lowest BCUT2D eigenvalue weighted by molar-refractivity contribution is -0.142. The molecule has 0 aliphatic carbocycles. The van der Waals surface area contributed by atoms with Crippen LogP contribution in [0.25, 0.3) is 0 Å². The summed E-state index contributed by atoms with van der Waals surface area (Å²) in [6, 6.07) is 0. The number of nitrogens with two attached hydrogens (primary N) is 1. The highest BCUT2D eigenvalue weighted by Crippen LogP contribution is 1.82. The molecule has 0 saturated carbocycles. The van der Waals surface area contributed by atoms with Crippen molar-refractivity contribution in [2.75, 3.05) is 26.2 Å². The van der Waals surface area contributed by atoms with Gasteiger partial charge in [-0.1, -0.05) is 0 Å². The van der Waals surface area contributed by atoms with E-state index in [-0.39, 0.29) is 5.97 Å². The van der Waals surface area contributed by atoms with E-state index in [0.29, 0.717) is 26.1 Å². The van der Waals surface area contributed by atoms with Crippen molar-refractivity contribution in [3.8, 4) is 0 Å². The highest BCUT2D eigenvalue weighted by molar-refractivity contribution is 5.69. The van der Waals surface area contributed by atoms with Crippen LogP contribution in [0, 0.1) is 0 Å². The Morgan fingerprint density at radius 1 is 1.55 bits per heavy atom. The molecule has 0 atom stereocenters. The van der Waals surface area contributed by atoms with Gasteiger partial charge in [-0.2, -0.15) is 0 Å². The van der Waals surface area contributed by atoms with Gasteiger partial charge in [0.2, 0.25) is 0 Å². The van der Waals surface area contributed by atoms with Crippen LogP contribution in [-0.4, -0.2) is 32.2 Å². The summed E-state index contributed by atoms with van der Waals surface area (Å²) in [7, 11) is 0. The molecule has 0 bridgehead atoms. The summed E-state index contributed by atoms with van der Waals surface area (Å²) in [4.78, 5) is 10.7. The first-order valence-electron chi connectivity index (χ1n) is 3.87. The monoisotopic (exact) mass is 160 g/mol. The largest absolute Gasteiger partial charge is 0.466 e. The van der Waals surface area contributed by atoms with Crippen LogP contribution in [0.2, 0.25) is 0 Å². The highest BCUT2D eigenvalue weighted by atomic mass is 16.5. The number of ether oxygens (including phenoxy) is 1. The van der Waals surface area contributed by atoms with E-state index in [1.807, 2.05) is 0 Å². The van der Waals surface area contributed by atoms with Gasteiger partial charge in [-0.3, -0.25) is 4.79 Å². The predicted molar refractivity (Wildman–Crippen MR) is 43.2 cm³/mol. The maximum atomic E-state index is 10.7. The second-order valence-electron chi connectivity index (χ2n) is 2.09. The molecule has 0 aliphatic heterocycles. The molecule has 0 radical (unpaired) electrons. The lowest BCUT2D eigenvalue weighted by Crippen LogP contribution is -2.25. The van der Waals surface area contributed by atoms with Gasteiger partial charge in [0.05, 0.1) is 13.0 Å². The van der Waals surface area contributed by atoms with Crippen LogP contribution >= 0.6 is 0 Å². The first kappa shape index (κ1) is 10.4. The fourth-order valence-electron chi connectivity index (χ4n) is 0.651. The lowest BCUT2D eigenvalue weighted by Gasteiger charge is -2.02. The zero-order valence-electron chi connectivity index (χ0n) is 6.93. The molecule has 3 N–H and O–H groups in total. The van der Waals surface area contributed by atoms with Gasteiger partial charge < -0.3 is 15.8 Å². The Kier molecular flexibility index (Phi) is 7.08. The van der Waals surface area contributed by atoms with Crippen molar-refractivity contribution in [3.63, 3.8) is 0 Å². The maximum absolute atomic E-state index is 10.7. The quantitative estimate of drug-likeness (QED) is 0.405. The van der Waals surface area contributed by atoms with Gasteiger partial charge in [-0.25, -0.2) is 0 Å². The van der Waals surface area contributed by atoms with E-state index < -0.39 is 0 Å². The third-order valence-corrected chi connectivity index (χ3v) is 1.13. The minimum Gasteiger partial charge on any atom is -0.466 e. The number of carbonyl (C=O) groups is 1. The summed E-state index contributed by atoms with van der Waals surface area (Å²) in [5.74, 6) is -0.156. The number of hydrogen-bond donors (Lipinski definition) is 2. The fourth-order valence-corrected chi connectivity index (χ4v) is 0.651. The summed E-state index contributed by atoms with van der Waals surface area (Å²) in [6.07, 6.45) is 0.424. The van der Waals surface area contributed by atoms with Gasteiger partial charge in [0.15, 0.2) is 0 Å². The zero-order valence-corrected chi connectivity index (χ0v) is 6.93. The standard InChI is InChI=1S/C7H16N2O2/c1-2-11-7(10)3-5-9-6-4-8/h9H,2-6,8H2,1H3. The normalized spacial score (nSPS) is 9.64. The minimum atomic E-state index is -0.156. The summed E-state index contributed by atoms with van der Waals surface area (Å²) < 4.78 is 4.71. The van der Waals surface area contributed by atoms with Gasteiger partial charge in [0.1, 0.15) is 0 Å². The van der Waals surface area contributed by atoms with Gasteiger partial charge in [0.25, 0.3) is 0 Å². The minimum absolute atomic E-state index is 0.156. The molecule has 0 unspecified atom stereocenters. The van der Waals surface area contributed by atoms with E-state index in [0.717, 1.165) is 6.54 Å². The molecule has 11 heavy (non-hydrogen) atoms. The van der Waals surface area contributed by atoms with Crippen molar-refractivity contribution >= 4 is 5.97 Å². The molecule has 0 amide bonds. The van der Waals surface area contributed by atoms with Crippen molar-refractivity contribution in [2.45, 2.75) is 13.3 Å². The van der Waals surface area contributed by atoms with Crippen LogP contribution < -0.4 is 11.1 Å². The predicted octanol–water partition coefficient (Wildman–Crippen LogP) is -0.512. The summed E-state index contributed by atoms with van der Waals surface area (Å²) in [5, 5.41) is 3.00. The Hall–Kier alpha value is -0.610. The molecule has 4 heteroatoms. The van der Waals surface area contributed by atoms with Gasteiger partial charge in [0, 0.05) is 19.6 Å². The lowest BCUT2D eigenvalue weighted by atomic mass is 10.4. The molecule has 0 aromatic rings. The number of esters is 1. The van der Waals surface area contributed by atoms with Crippen LogP contribution in [0.3, 0.4) is 0 Å². The van der Waals surface area contributed by atoms with Crippen LogP contribution in [-0.2, 0) is 9.53 Å². The Labute approximate surface area is 67.1 Å². The Bertz CT molecular complexity index is 107. The van der Waals surface area contributed by atoms with Crippen LogP contribution in [0.15, 0.2) is 0 Å². The molecular weight excluding hydrogens is 144 g/mol. The van der Waals surface area contributed by atoms with Gasteiger partial charge in [-0.05, 0) is 6.92 Å². The number of nitrogens with one attached hydrogen (secondary N) is 1. The first-order chi connectivity index (χ1) is 5.31. The van der Waals surface area contributed by atoms with E-state index in [1.165, 1.54) is 0 Å². The second-order valence-corrected chi connectivity index (χ2v) is 2.09. The summed E-state index contributed by atoms with van der Waals surface area (Å²) >= 11 is 0. The van der Waals surface area contributed by atoms with E-state index in [4.69, 9.17) is 10.5 Å². The van der Waals surface area contributed by atoms with E-state index in [1.54, 1.807) is 6.92 Å². The van der Waals surface area contributed by atoms with Crippen molar-refractivity contribution in [3.05, 3.63) is 0 Å². The number of rotatable bonds is 6. The molecule has 0 heterocycles. The SMILES string of the molecule is CCOC(=O)CCNCCN. The van der Waals surface area contributed by atoms with Gasteiger partial charge >= 0.3 is 5.97 Å². The molecule has 66 valence electrons.